The number of benzene rings is 1. The van der Waals surface area contributed by atoms with E-state index in [1.807, 2.05) is 24.3 Å². The Labute approximate surface area is 111 Å². The first kappa shape index (κ1) is 15.0. The molecule has 0 amide bonds. The lowest BCUT2D eigenvalue weighted by Crippen LogP contribution is -2.17. The second-order valence-corrected chi connectivity index (χ2v) is 10.7. The van der Waals surface area contributed by atoms with Crippen LogP contribution in [-0.4, -0.2) is 26.4 Å². The van der Waals surface area contributed by atoms with Crippen LogP contribution in [0.5, 0.6) is 5.75 Å². The fourth-order valence-corrected chi connectivity index (χ4v) is 2.44. The van der Waals surface area contributed by atoms with Crippen molar-refractivity contribution in [2.24, 2.45) is 0 Å². The molecule has 1 N–H and O–H groups in total. The number of rotatable bonds is 6. The first-order chi connectivity index (χ1) is 8.40. The highest BCUT2D eigenvalue weighted by Gasteiger charge is 2.08. The van der Waals surface area contributed by atoms with Crippen molar-refractivity contribution in [3.05, 3.63) is 41.6 Å². The second kappa shape index (κ2) is 6.76. The van der Waals surface area contributed by atoms with Crippen molar-refractivity contribution in [2.75, 3.05) is 7.11 Å². The minimum Gasteiger partial charge on any atom is -0.497 e. The maximum absolute atomic E-state index is 9.90. The lowest BCUT2D eigenvalue weighted by atomic mass is 10.1. The summed E-state index contributed by atoms with van der Waals surface area (Å²) >= 11 is 0. The molecular formula is C15H24O2Si. The first-order valence-electron chi connectivity index (χ1n) is 6.41. The molecule has 0 heterocycles. The predicted molar refractivity (Wildman–Crippen MR) is 79.8 cm³/mol. The number of hydrogen-bond acceptors (Lipinski definition) is 2. The van der Waals surface area contributed by atoms with E-state index >= 15 is 0 Å². The predicted octanol–water partition coefficient (Wildman–Crippen LogP) is 3.42. The molecule has 1 aromatic rings. The van der Waals surface area contributed by atoms with E-state index in [4.69, 9.17) is 4.74 Å². The number of aryl methyl sites for hydroxylation is 1. The maximum atomic E-state index is 9.90. The number of ether oxygens (including phenoxy) is 1. The lowest BCUT2D eigenvalue weighted by molar-refractivity contribution is 0.213. The first-order valence-corrected chi connectivity index (χ1v) is 9.99. The van der Waals surface area contributed by atoms with E-state index in [1.165, 1.54) is 5.56 Å². The second-order valence-electron chi connectivity index (χ2n) is 5.68. The average molecular weight is 264 g/mol. The molecule has 2 nitrogen and oxygen atoms in total. The smallest absolute Gasteiger partial charge is 0.119 e. The fourth-order valence-electron chi connectivity index (χ4n) is 1.64. The molecule has 0 aliphatic carbocycles. The van der Waals surface area contributed by atoms with Crippen molar-refractivity contribution < 1.29 is 9.84 Å². The van der Waals surface area contributed by atoms with Gasteiger partial charge in [-0.3, -0.25) is 0 Å². The van der Waals surface area contributed by atoms with Gasteiger partial charge in [-0.15, -0.1) is 0 Å². The molecule has 0 aromatic heterocycles. The maximum Gasteiger partial charge on any atom is 0.119 e. The molecule has 18 heavy (non-hydrogen) atoms. The Morgan fingerprint density at radius 2 is 2.06 bits per heavy atom. The summed E-state index contributed by atoms with van der Waals surface area (Å²) in [6.45, 7) is 6.79. The molecule has 0 saturated carbocycles. The highest BCUT2D eigenvalue weighted by molar-refractivity contribution is 6.80. The third-order valence-electron chi connectivity index (χ3n) is 2.68. The Kier molecular flexibility index (Phi) is 5.63. The zero-order valence-electron chi connectivity index (χ0n) is 11.8. The number of methoxy groups -OCH3 is 1. The van der Waals surface area contributed by atoms with Crippen LogP contribution in [0.1, 0.15) is 12.0 Å². The number of aliphatic hydroxyl groups excluding tert-OH is 1. The summed E-state index contributed by atoms with van der Waals surface area (Å²) in [4.78, 5) is 0. The van der Waals surface area contributed by atoms with E-state index in [0.29, 0.717) is 0 Å². The van der Waals surface area contributed by atoms with Crippen LogP contribution in [0.4, 0.5) is 0 Å². The third kappa shape index (κ3) is 6.03. The van der Waals surface area contributed by atoms with Crippen LogP contribution in [0.3, 0.4) is 0 Å². The topological polar surface area (TPSA) is 29.5 Å². The minimum absolute atomic E-state index is 0.345. The molecule has 0 bridgehead atoms. The fraction of sp³-hybridized carbons (Fsp3) is 0.467. The van der Waals surface area contributed by atoms with Crippen molar-refractivity contribution in [1.29, 1.82) is 0 Å². The van der Waals surface area contributed by atoms with Gasteiger partial charge in [-0.25, -0.2) is 0 Å². The summed E-state index contributed by atoms with van der Waals surface area (Å²) in [7, 11) is 0.468. The summed E-state index contributed by atoms with van der Waals surface area (Å²) < 4.78 is 5.18. The quantitative estimate of drug-likeness (QED) is 0.798. The van der Waals surface area contributed by atoms with Gasteiger partial charge in [0, 0.05) is 0 Å². The Morgan fingerprint density at radius 1 is 1.33 bits per heavy atom. The minimum atomic E-state index is -1.20. The number of aliphatic hydroxyl groups is 1. The highest BCUT2D eigenvalue weighted by Crippen LogP contribution is 2.15. The van der Waals surface area contributed by atoms with Gasteiger partial charge in [0.25, 0.3) is 0 Å². The normalized spacial score (nSPS) is 13.8. The summed E-state index contributed by atoms with van der Waals surface area (Å²) in [5.74, 6) is 0.875. The third-order valence-corrected chi connectivity index (χ3v) is 3.87. The van der Waals surface area contributed by atoms with Crippen LogP contribution in [0, 0.1) is 0 Å². The van der Waals surface area contributed by atoms with Gasteiger partial charge in [0.1, 0.15) is 5.75 Å². The molecule has 0 saturated heterocycles. The van der Waals surface area contributed by atoms with Gasteiger partial charge < -0.3 is 9.84 Å². The molecule has 0 radical (unpaired) electrons. The van der Waals surface area contributed by atoms with Gasteiger partial charge in [-0.05, 0) is 30.5 Å². The van der Waals surface area contributed by atoms with E-state index in [0.717, 1.165) is 18.6 Å². The molecule has 0 aliphatic rings. The molecule has 1 rings (SSSR count). The van der Waals surface area contributed by atoms with Crippen LogP contribution in [0.2, 0.25) is 19.6 Å². The van der Waals surface area contributed by atoms with Gasteiger partial charge in [0.15, 0.2) is 0 Å². The molecule has 1 atom stereocenters. The molecule has 3 heteroatoms. The van der Waals surface area contributed by atoms with Crippen LogP contribution >= 0.6 is 0 Å². The van der Waals surface area contributed by atoms with Gasteiger partial charge in [-0.1, -0.05) is 43.5 Å². The zero-order valence-corrected chi connectivity index (χ0v) is 12.8. The van der Waals surface area contributed by atoms with E-state index < -0.39 is 8.07 Å². The van der Waals surface area contributed by atoms with E-state index in [-0.39, 0.29) is 6.10 Å². The largest absolute Gasteiger partial charge is 0.497 e. The van der Waals surface area contributed by atoms with E-state index in [2.05, 4.69) is 31.4 Å². The summed E-state index contributed by atoms with van der Waals surface area (Å²) in [6, 6.07) is 8.01. The molecule has 100 valence electrons. The van der Waals surface area contributed by atoms with Crippen LogP contribution in [0.15, 0.2) is 36.0 Å². The van der Waals surface area contributed by atoms with Gasteiger partial charge >= 0.3 is 0 Å². The van der Waals surface area contributed by atoms with Crippen molar-refractivity contribution >= 4 is 8.07 Å². The molecule has 1 unspecified atom stereocenters. The molecule has 0 aliphatic heterocycles. The van der Waals surface area contributed by atoms with Gasteiger partial charge in [-0.2, -0.15) is 0 Å². The van der Waals surface area contributed by atoms with Crippen molar-refractivity contribution in [2.45, 2.75) is 38.6 Å². The monoisotopic (exact) mass is 264 g/mol. The Hall–Kier alpha value is -1.06. The summed E-state index contributed by atoms with van der Waals surface area (Å²) in [6.07, 6.45) is 3.23. The van der Waals surface area contributed by atoms with Crippen LogP contribution in [0.25, 0.3) is 0 Å². The summed E-state index contributed by atoms with van der Waals surface area (Å²) in [5, 5.41) is 9.90. The average Bonchev–Trinajstić information content (AvgIpc) is 2.33. The highest BCUT2D eigenvalue weighted by atomic mass is 28.3. The van der Waals surface area contributed by atoms with Crippen molar-refractivity contribution in [1.82, 2.24) is 0 Å². The number of hydrogen-bond donors (Lipinski definition) is 1. The lowest BCUT2D eigenvalue weighted by Gasteiger charge is -2.11. The van der Waals surface area contributed by atoms with E-state index in [1.54, 1.807) is 7.11 Å². The van der Waals surface area contributed by atoms with Crippen molar-refractivity contribution in [3.63, 3.8) is 0 Å². The van der Waals surface area contributed by atoms with Gasteiger partial charge in [0.05, 0.1) is 21.3 Å². The zero-order chi connectivity index (χ0) is 13.6. The van der Waals surface area contributed by atoms with Crippen LogP contribution in [-0.2, 0) is 6.42 Å². The van der Waals surface area contributed by atoms with E-state index in [9.17, 15) is 5.11 Å². The van der Waals surface area contributed by atoms with Crippen LogP contribution < -0.4 is 4.74 Å². The van der Waals surface area contributed by atoms with Crippen molar-refractivity contribution in [3.8, 4) is 5.75 Å². The Morgan fingerprint density at radius 3 is 2.67 bits per heavy atom. The standard InChI is InChI=1S/C15H24O2Si/c1-17-15-7-5-6-13(12-15)8-9-14(16)10-11-18(2,3)4/h5-7,10-12,14,16H,8-9H2,1-4H3/b11-10+. The Balaban J connectivity index is 2.47. The molecule has 0 fully saturated rings. The SMILES string of the molecule is COc1cccc(CCC(O)/C=C/[Si](C)(C)C)c1. The summed E-state index contributed by atoms with van der Waals surface area (Å²) in [5.41, 5.74) is 3.40. The molecule has 0 spiro atoms. The molecule has 1 aromatic carbocycles. The molecular weight excluding hydrogens is 240 g/mol. The van der Waals surface area contributed by atoms with Gasteiger partial charge in [0.2, 0.25) is 0 Å². The Bertz CT molecular complexity index is 394.